The number of fused-ring (bicyclic) bond motifs is 1. The van der Waals surface area contributed by atoms with Gasteiger partial charge in [0.2, 0.25) is 0 Å². The normalized spacial score (nSPS) is 15.8. The van der Waals surface area contributed by atoms with E-state index in [2.05, 4.69) is 42.0 Å². The molecule has 1 N–H and O–H groups in total. The predicted molar refractivity (Wildman–Crippen MR) is 83.9 cm³/mol. The first-order valence-electron chi connectivity index (χ1n) is 6.82. The van der Waals surface area contributed by atoms with Crippen LogP contribution in [0.1, 0.15) is 27.2 Å². The number of hydrogen-bond acceptors (Lipinski definition) is 4. The van der Waals surface area contributed by atoms with Crippen LogP contribution in [0.4, 0.5) is 5.69 Å². The summed E-state index contributed by atoms with van der Waals surface area (Å²) in [6.07, 6.45) is 0.907. The molecule has 0 aliphatic carbocycles. The lowest BCUT2D eigenvalue weighted by atomic mass is 9.99. The molecule has 0 fully saturated rings. The second kappa shape index (κ2) is 6.22. The highest BCUT2D eigenvalue weighted by Crippen LogP contribution is 2.38. The Balaban J connectivity index is 2.09. The number of methoxy groups -OCH3 is 1. The predicted octanol–water partition coefficient (Wildman–Crippen LogP) is 3.84. The zero-order valence-electron chi connectivity index (χ0n) is 12.5. The van der Waals surface area contributed by atoms with E-state index in [-0.39, 0.29) is 11.6 Å². The summed E-state index contributed by atoms with van der Waals surface area (Å²) in [7, 11) is 1.74. The van der Waals surface area contributed by atoms with Crippen molar-refractivity contribution in [1.82, 2.24) is 0 Å². The lowest BCUT2D eigenvalue weighted by Gasteiger charge is -2.28. The second-order valence-corrected chi connectivity index (χ2v) is 6.54. The summed E-state index contributed by atoms with van der Waals surface area (Å²) in [5.41, 5.74) is 0.862. The Morgan fingerprint density at radius 3 is 2.50 bits per heavy atom. The molecule has 1 heterocycles. The zero-order valence-corrected chi connectivity index (χ0v) is 14.0. The Kier molecular flexibility index (Phi) is 4.81. The molecule has 5 heteroatoms. The third kappa shape index (κ3) is 3.79. The van der Waals surface area contributed by atoms with Gasteiger partial charge < -0.3 is 19.5 Å². The van der Waals surface area contributed by atoms with Gasteiger partial charge in [-0.15, -0.1) is 0 Å². The van der Waals surface area contributed by atoms with Crippen molar-refractivity contribution in [3.63, 3.8) is 0 Å². The van der Waals surface area contributed by atoms with Crippen molar-refractivity contribution in [2.45, 2.75) is 38.8 Å². The van der Waals surface area contributed by atoms with E-state index in [0.29, 0.717) is 13.2 Å². The van der Waals surface area contributed by atoms with Crippen LogP contribution >= 0.6 is 15.9 Å². The van der Waals surface area contributed by atoms with E-state index in [1.54, 1.807) is 7.11 Å². The summed E-state index contributed by atoms with van der Waals surface area (Å²) in [6.45, 7) is 7.52. The summed E-state index contributed by atoms with van der Waals surface area (Å²) in [6, 6.07) is 4.21. The van der Waals surface area contributed by atoms with Crippen LogP contribution in [0.3, 0.4) is 0 Å². The maximum absolute atomic E-state index is 5.61. The van der Waals surface area contributed by atoms with Gasteiger partial charge in [-0.3, -0.25) is 0 Å². The molecular formula is C15H22BrNO3. The Morgan fingerprint density at radius 2 is 1.90 bits per heavy atom. The summed E-state index contributed by atoms with van der Waals surface area (Å²) in [5, 5.41) is 3.49. The summed E-state index contributed by atoms with van der Waals surface area (Å²) >= 11 is 3.57. The van der Waals surface area contributed by atoms with Crippen LogP contribution < -0.4 is 14.8 Å². The van der Waals surface area contributed by atoms with Gasteiger partial charge in [0.05, 0.1) is 11.3 Å². The Hall–Kier alpha value is -0.940. The molecule has 0 saturated carbocycles. The van der Waals surface area contributed by atoms with Crippen LogP contribution in [0.15, 0.2) is 16.6 Å². The first-order valence-corrected chi connectivity index (χ1v) is 7.61. The fraction of sp³-hybridized carbons (Fsp3) is 0.600. The third-order valence-electron chi connectivity index (χ3n) is 3.38. The molecule has 112 valence electrons. The lowest BCUT2D eigenvalue weighted by Crippen LogP contribution is -2.31. The topological polar surface area (TPSA) is 39.7 Å². The molecule has 1 unspecified atom stereocenters. The Bertz CT molecular complexity index is 476. The molecular weight excluding hydrogens is 322 g/mol. The number of ether oxygens (including phenoxy) is 3. The molecule has 0 saturated heterocycles. The molecule has 2 rings (SSSR count). The first-order chi connectivity index (χ1) is 9.41. The fourth-order valence-corrected chi connectivity index (χ4v) is 2.75. The van der Waals surface area contributed by atoms with Crippen molar-refractivity contribution in [2.24, 2.45) is 0 Å². The number of anilines is 1. The van der Waals surface area contributed by atoms with Crippen molar-refractivity contribution in [2.75, 3.05) is 25.6 Å². The van der Waals surface area contributed by atoms with Crippen molar-refractivity contribution in [3.8, 4) is 11.5 Å². The van der Waals surface area contributed by atoms with Crippen LogP contribution in [-0.4, -0.2) is 32.0 Å². The Labute approximate surface area is 128 Å². The molecule has 1 aromatic rings. The molecule has 1 aliphatic heterocycles. The van der Waals surface area contributed by atoms with Gasteiger partial charge in [-0.25, -0.2) is 0 Å². The number of halogens is 1. The lowest BCUT2D eigenvalue weighted by molar-refractivity contribution is 0.0128. The highest BCUT2D eigenvalue weighted by Gasteiger charge is 2.21. The molecule has 0 amide bonds. The van der Waals surface area contributed by atoms with Crippen LogP contribution in [0.25, 0.3) is 0 Å². The van der Waals surface area contributed by atoms with Gasteiger partial charge in [0.15, 0.2) is 11.5 Å². The number of rotatable bonds is 5. The monoisotopic (exact) mass is 343 g/mol. The minimum absolute atomic E-state index is 0.146. The van der Waals surface area contributed by atoms with Gasteiger partial charge in [-0.05, 0) is 43.1 Å². The van der Waals surface area contributed by atoms with Crippen molar-refractivity contribution >= 4 is 21.6 Å². The minimum Gasteiger partial charge on any atom is -0.486 e. The molecule has 0 bridgehead atoms. The summed E-state index contributed by atoms with van der Waals surface area (Å²) < 4.78 is 17.6. The molecule has 0 spiro atoms. The van der Waals surface area contributed by atoms with Gasteiger partial charge >= 0.3 is 0 Å². The molecule has 0 radical (unpaired) electrons. The first kappa shape index (κ1) is 15.4. The van der Waals surface area contributed by atoms with Crippen molar-refractivity contribution < 1.29 is 14.2 Å². The van der Waals surface area contributed by atoms with Gasteiger partial charge in [0, 0.05) is 29.8 Å². The molecule has 1 atom stereocenters. The smallest absolute Gasteiger partial charge is 0.163 e. The van der Waals surface area contributed by atoms with Crippen LogP contribution in [-0.2, 0) is 4.74 Å². The molecule has 0 aromatic heterocycles. The minimum atomic E-state index is -0.146. The van der Waals surface area contributed by atoms with E-state index in [1.165, 1.54) is 0 Å². The van der Waals surface area contributed by atoms with E-state index >= 15 is 0 Å². The van der Waals surface area contributed by atoms with E-state index in [4.69, 9.17) is 14.2 Å². The highest BCUT2D eigenvalue weighted by atomic mass is 79.9. The standard InChI is InChI=1S/C15H22BrNO3/c1-10(9-15(2,3)18-4)17-12-8-14-13(7-11(12)16)19-5-6-20-14/h7-8,10,17H,5-6,9H2,1-4H3. The van der Waals surface area contributed by atoms with Crippen molar-refractivity contribution in [1.29, 1.82) is 0 Å². The van der Waals surface area contributed by atoms with E-state index in [0.717, 1.165) is 28.1 Å². The summed E-state index contributed by atoms with van der Waals surface area (Å²) in [5.74, 6) is 1.58. The van der Waals surface area contributed by atoms with Gasteiger partial charge in [-0.1, -0.05) is 0 Å². The van der Waals surface area contributed by atoms with Crippen LogP contribution in [0.2, 0.25) is 0 Å². The number of hydrogen-bond donors (Lipinski definition) is 1. The van der Waals surface area contributed by atoms with Gasteiger partial charge in [-0.2, -0.15) is 0 Å². The van der Waals surface area contributed by atoms with E-state index in [9.17, 15) is 0 Å². The highest BCUT2D eigenvalue weighted by molar-refractivity contribution is 9.10. The van der Waals surface area contributed by atoms with E-state index < -0.39 is 0 Å². The van der Waals surface area contributed by atoms with Crippen molar-refractivity contribution in [3.05, 3.63) is 16.6 Å². The average molecular weight is 344 g/mol. The maximum Gasteiger partial charge on any atom is 0.163 e. The third-order valence-corrected chi connectivity index (χ3v) is 4.04. The molecule has 1 aliphatic rings. The summed E-state index contributed by atoms with van der Waals surface area (Å²) in [4.78, 5) is 0. The van der Waals surface area contributed by atoms with Gasteiger partial charge in [0.1, 0.15) is 13.2 Å². The zero-order chi connectivity index (χ0) is 14.8. The Morgan fingerprint density at radius 1 is 1.30 bits per heavy atom. The molecule has 4 nitrogen and oxygen atoms in total. The van der Waals surface area contributed by atoms with Crippen LogP contribution in [0.5, 0.6) is 11.5 Å². The number of nitrogens with one attached hydrogen (secondary N) is 1. The van der Waals surface area contributed by atoms with Crippen LogP contribution in [0, 0.1) is 0 Å². The van der Waals surface area contributed by atoms with Gasteiger partial charge in [0.25, 0.3) is 0 Å². The molecule has 20 heavy (non-hydrogen) atoms. The average Bonchev–Trinajstić information content (AvgIpc) is 2.39. The quantitative estimate of drug-likeness (QED) is 0.881. The second-order valence-electron chi connectivity index (χ2n) is 5.69. The van der Waals surface area contributed by atoms with E-state index in [1.807, 2.05) is 12.1 Å². The molecule has 1 aromatic carbocycles. The largest absolute Gasteiger partial charge is 0.486 e. The maximum atomic E-state index is 5.61. The number of benzene rings is 1. The SMILES string of the molecule is COC(C)(C)CC(C)Nc1cc2c(cc1Br)OCCO2. The fourth-order valence-electron chi connectivity index (χ4n) is 2.31.